The van der Waals surface area contributed by atoms with Gasteiger partial charge in [-0.05, 0) is 96.3 Å². The lowest BCUT2D eigenvalue weighted by Gasteiger charge is -2.18. The smallest absolute Gasteiger partial charge is 0.306 e. The predicted molar refractivity (Wildman–Crippen MR) is 279 cm³/mol. The first-order chi connectivity index (χ1) is 32.0. The highest BCUT2D eigenvalue weighted by Gasteiger charge is 2.19. The molecule has 6 nitrogen and oxygen atoms in total. The van der Waals surface area contributed by atoms with E-state index in [0.717, 1.165) is 89.9 Å². The Morgan fingerprint density at radius 3 is 1.05 bits per heavy atom. The lowest BCUT2D eigenvalue weighted by molar-refractivity contribution is -0.167. The van der Waals surface area contributed by atoms with Crippen LogP contribution in [-0.4, -0.2) is 37.2 Å². The quantitative estimate of drug-likeness (QED) is 0.0199. The molecule has 0 rings (SSSR count). The molecule has 0 amide bonds. The zero-order valence-electron chi connectivity index (χ0n) is 43.0. The van der Waals surface area contributed by atoms with Gasteiger partial charge in [0.25, 0.3) is 0 Å². The van der Waals surface area contributed by atoms with Crippen molar-refractivity contribution in [3.8, 4) is 0 Å². The van der Waals surface area contributed by atoms with Gasteiger partial charge < -0.3 is 14.2 Å². The van der Waals surface area contributed by atoms with Crippen molar-refractivity contribution in [3.05, 3.63) is 60.8 Å². The van der Waals surface area contributed by atoms with Crippen LogP contribution in [0.1, 0.15) is 278 Å². The van der Waals surface area contributed by atoms with Crippen LogP contribution in [-0.2, 0) is 28.6 Å². The van der Waals surface area contributed by atoms with Gasteiger partial charge in [0.05, 0.1) is 0 Å². The number of esters is 3. The van der Waals surface area contributed by atoms with E-state index in [-0.39, 0.29) is 31.1 Å². The lowest BCUT2D eigenvalue weighted by atomic mass is 10.1. The summed E-state index contributed by atoms with van der Waals surface area (Å²) in [6, 6.07) is 0. The zero-order chi connectivity index (χ0) is 47.2. The van der Waals surface area contributed by atoms with Gasteiger partial charge in [0.2, 0.25) is 0 Å². The predicted octanol–water partition coefficient (Wildman–Crippen LogP) is 18.4. The molecular weight excluding hydrogens is 805 g/mol. The molecule has 0 radical (unpaired) electrons. The third kappa shape index (κ3) is 51.9. The molecule has 0 aromatic carbocycles. The SMILES string of the molecule is CC/C=C\C/C=C\CCCCCCCCCC(=O)OCC(COC(=O)CCCCCCCCC/C=C\CCCCCCCC)OC(=O)CCCCC/C=C\C=C/CCCCCCCCC. The van der Waals surface area contributed by atoms with E-state index in [2.05, 4.69) is 81.5 Å². The summed E-state index contributed by atoms with van der Waals surface area (Å²) in [7, 11) is 0. The highest BCUT2D eigenvalue weighted by molar-refractivity contribution is 5.71. The van der Waals surface area contributed by atoms with E-state index >= 15 is 0 Å². The molecule has 65 heavy (non-hydrogen) atoms. The Kier molecular flexibility index (Phi) is 51.3. The molecule has 0 saturated carbocycles. The van der Waals surface area contributed by atoms with Gasteiger partial charge in [0.1, 0.15) is 13.2 Å². The average molecular weight is 909 g/mol. The molecule has 0 saturated heterocycles. The number of carbonyl (C=O) groups is 3. The van der Waals surface area contributed by atoms with Gasteiger partial charge in [-0.3, -0.25) is 14.4 Å². The van der Waals surface area contributed by atoms with E-state index in [1.165, 1.54) is 148 Å². The summed E-state index contributed by atoms with van der Waals surface area (Å²) in [4.78, 5) is 38.1. The van der Waals surface area contributed by atoms with Crippen molar-refractivity contribution in [2.75, 3.05) is 13.2 Å². The standard InChI is InChI=1S/C59H104O6/c1-4-7-10-13-16-19-22-25-28-30-32-34-37-40-43-46-49-52-58(61)64-55-56(54-63-57(60)51-48-45-42-39-36-33-27-24-21-18-15-12-9-6-3)65-59(62)53-50-47-44-41-38-35-31-29-26-23-20-17-14-11-8-5-2/h9,12,18,21,25,28-29,31,35,38,56H,4-8,10-11,13-17,19-20,22-24,26-27,30,32-34,36-37,39-55H2,1-3H3/b12-9-,21-18-,28-25-,31-29-,38-35-. The molecule has 0 aliphatic heterocycles. The normalized spacial score (nSPS) is 12.5. The fraction of sp³-hybridized carbons (Fsp3) is 0.780. The second-order valence-corrected chi connectivity index (χ2v) is 18.5. The molecule has 0 bridgehead atoms. The minimum Gasteiger partial charge on any atom is -0.462 e. The molecule has 0 aliphatic rings. The van der Waals surface area contributed by atoms with Crippen LogP contribution in [0, 0.1) is 0 Å². The van der Waals surface area contributed by atoms with E-state index in [9.17, 15) is 14.4 Å². The Morgan fingerprint density at radius 1 is 0.338 bits per heavy atom. The van der Waals surface area contributed by atoms with E-state index in [1.54, 1.807) is 0 Å². The van der Waals surface area contributed by atoms with Gasteiger partial charge in [-0.15, -0.1) is 0 Å². The molecule has 0 aliphatic carbocycles. The van der Waals surface area contributed by atoms with Crippen LogP contribution in [0.2, 0.25) is 0 Å². The van der Waals surface area contributed by atoms with Gasteiger partial charge >= 0.3 is 17.9 Å². The van der Waals surface area contributed by atoms with Crippen molar-refractivity contribution in [3.63, 3.8) is 0 Å². The molecular formula is C59H104O6. The first-order valence-electron chi connectivity index (χ1n) is 27.8. The van der Waals surface area contributed by atoms with Crippen LogP contribution in [0.3, 0.4) is 0 Å². The highest BCUT2D eigenvalue weighted by Crippen LogP contribution is 2.15. The van der Waals surface area contributed by atoms with E-state index in [1.807, 2.05) is 0 Å². The fourth-order valence-electron chi connectivity index (χ4n) is 7.82. The summed E-state index contributed by atoms with van der Waals surface area (Å²) in [6.45, 7) is 6.51. The van der Waals surface area contributed by atoms with Crippen LogP contribution < -0.4 is 0 Å². The number of hydrogen-bond donors (Lipinski definition) is 0. The third-order valence-electron chi connectivity index (χ3n) is 12.0. The van der Waals surface area contributed by atoms with E-state index < -0.39 is 6.10 Å². The molecule has 0 heterocycles. The molecule has 6 heteroatoms. The maximum Gasteiger partial charge on any atom is 0.306 e. The second-order valence-electron chi connectivity index (χ2n) is 18.5. The Labute approximate surface area is 402 Å². The topological polar surface area (TPSA) is 78.9 Å². The van der Waals surface area contributed by atoms with Crippen molar-refractivity contribution < 1.29 is 28.6 Å². The van der Waals surface area contributed by atoms with Gasteiger partial charge in [-0.2, -0.15) is 0 Å². The maximum atomic E-state index is 12.8. The van der Waals surface area contributed by atoms with Crippen LogP contribution in [0.4, 0.5) is 0 Å². The number of carbonyl (C=O) groups excluding carboxylic acids is 3. The van der Waals surface area contributed by atoms with Gasteiger partial charge in [-0.1, -0.05) is 223 Å². The first-order valence-corrected chi connectivity index (χ1v) is 27.8. The average Bonchev–Trinajstić information content (AvgIpc) is 3.30. The van der Waals surface area contributed by atoms with E-state index in [0.29, 0.717) is 19.3 Å². The Morgan fingerprint density at radius 2 is 0.646 bits per heavy atom. The molecule has 0 aromatic heterocycles. The Bertz CT molecular complexity index is 1180. The number of unbranched alkanes of at least 4 members (excludes halogenated alkanes) is 30. The first kappa shape index (κ1) is 62.1. The largest absolute Gasteiger partial charge is 0.462 e. The molecule has 0 spiro atoms. The highest BCUT2D eigenvalue weighted by atomic mass is 16.6. The number of ether oxygens (including phenoxy) is 3. The van der Waals surface area contributed by atoms with Crippen LogP contribution in [0.15, 0.2) is 60.8 Å². The van der Waals surface area contributed by atoms with E-state index in [4.69, 9.17) is 14.2 Å². The zero-order valence-corrected chi connectivity index (χ0v) is 43.0. The molecule has 1 unspecified atom stereocenters. The van der Waals surface area contributed by atoms with Crippen molar-refractivity contribution in [1.82, 2.24) is 0 Å². The summed E-state index contributed by atoms with van der Waals surface area (Å²) in [5.41, 5.74) is 0. The van der Waals surface area contributed by atoms with Crippen LogP contribution in [0.25, 0.3) is 0 Å². The van der Waals surface area contributed by atoms with Gasteiger partial charge in [0, 0.05) is 19.3 Å². The second kappa shape index (κ2) is 53.7. The molecule has 0 N–H and O–H groups in total. The molecule has 0 aromatic rings. The summed E-state index contributed by atoms with van der Waals surface area (Å²) in [5, 5.41) is 0. The van der Waals surface area contributed by atoms with Crippen LogP contribution >= 0.6 is 0 Å². The molecule has 1 atom stereocenters. The fourth-order valence-corrected chi connectivity index (χ4v) is 7.82. The Hall–Kier alpha value is -2.89. The van der Waals surface area contributed by atoms with Crippen molar-refractivity contribution >= 4 is 17.9 Å². The number of rotatable bonds is 50. The summed E-state index contributed by atoms with van der Waals surface area (Å²) >= 11 is 0. The van der Waals surface area contributed by atoms with Crippen molar-refractivity contribution in [2.45, 2.75) is 284 Å². The number of hydrogen-bond acceptors (Lipinski definition) is 6. The summed E-state index contributed by atoms with van der Waals surface area (Å²) in [5.74, 6) is -0.920. The third-order valence-corrected chi connectivity index (χ3v) is 12.0. The van der Waals surface area contributed by atoms with Crippen LogP contribution in [0.5, 0.6) is 0 Å². The monoisotopic (exact) mass is 909 g/mol. The lowest BCUT2D eigenvalue weighted by Crippen LogP contribution is -2.30. The van der Waals surface area contributed by atoms with Gasteiger partial charge in [0.15, 0.2) is 6.10 Å². The molecule has 376 valence electrons. The molecule has 0 fully saturated rings. The number of allylic oxidation sites excluding steroid dienone is 10. The van der Waals surface area contributed by atoms with Crippen molar-refractivity contribution in [2.24, 2.45) is 0 Å². The Balaban J connectivity index is 4.42. The minimum absolute atomic E-state index is 0.0891. The summed E-state index contributed by atoms with van der Waals surface area (Å²) in [6.07, 6.45) is 66.4. The summed E-state index contributed by atoms with van der Waals surface area (Å²) < 4.78 is 16.8. The minimum atomic E-state index is -0.792. The maximum absolute atomic E-state index is 12.8. The van der Waals surface area contributed by atoms with Crippen molar-refractivity contribution in [1.29, 1.82) is 0 Å². The van der Waals surface area contributed by atoms with Gasteiger partial charge in [-0.25, -0.2) is 0 Å².